The molecule has 0 amide bonds. The summed E-state index contributed by atoms with van der Waals surface area (Å²) in [6.45, 7) is 6.48. The normalized spacial score (nSPS) is 12.9. The third kappa shape index (κ3) is 68.5. The molecule has 0 N–H and O–H groups in total. The Balaban J connectivity index is 4.47. The van der Waals surface area contributed by atoms with Gasteiger partial charge in [-0.25, -0.2) is 0 Å². The number of allylic oxidation sites excluding steroid dienone is 20. The molecule has 0 aromatic heterocycles. The van der Waals surface area contributed by atoms with E-state index in [4.69, 9.17) is 14.2 Å². The quantitative estimate of drug-likeness (QED) is 0.0261. The second kappa shape index (κ2) is 70.3. The van der Waals surface area contributed by atoms with Gasteiger partial charge in [-0.1, -0.05) is 309 Å². The van der Waals surface area contributed by atoms with Crippen molar-refractivity contribution in [2.24, 2.45) is 0 Å². The van der Waals surface area contributed by atoms with Crippen molar-refractivity contribution >= 4 is 17.9 Å². The maximum atomic E-state index is 13.0. The SMILES string of the molecule is CC/C=C\C/C=C\C/C=C\C/C=C\C/C=C\C/C=C\CCC(=O)OCC(COC(=O)CCCCCCCCCC/C=C\C/C=C\C/C=C\CCCCCCC)OC(=O)CCCCCCCCCCCCC/C=C\CCCCCCCCCC. The third-order valence-electron chi connectivity index (χ3n) is 14.9. The third-order valence-corrected chi connectivity index (χ3v) is 14.9. The van der Waals surface area contributed by atoms with Gasteiger partial charge in [-0.3, -0.25) is 14.4 Å². The zero-order valence-electron chi connectivity index (χ0n) is 54.4. The number of carbonyl (C=O) groups is 3. The van der Waals surface area contributed by atoms with Gasteiger partial charge in [-0.05, 0) is 122 Å². The van der Waals surface area contributed by atoms with Crippen molar-refractivity contribution in [3.8, 4) is 0 Å². The number of esters is 3. The largest absolute Gasteiger partial charge is 0.462 e. The van der Waals surface area contributed by atoms with Gasteiger partial charge in [-0.2, -0.15) is 0 Å². The van der Waals surface area contributed by atoms with Gasteiger partial charge in [0, 0.05) is 19.3 Å². The molecule has 0 saturated heterocycles. The number of hydrogen-bond donors (Lipinski definition) is 0. The van der Waals surface area contributed by atoms with Crippen molar-refractivity contribution in [1.29, 1.82) is 0 Å². The predicted molar refractivity (Wildman–Crippen MR) is 362 cm³/mol. The summed E-state index contributed by atoms with van der Waals surface area (Å²) in [6.07, 6.45) is 98.0. The van der Waals surface area contributed by atoms with Crippen LogP contribution in [0.2, 0.25) is 0 Å². The van der Waals surface area contributed by atoms with Crippen LogP contribution in [0.1, 0.15) is 329 Å². The molecule has 474 valence electrons. The van der Waals surface area contributed by atoms with E-state index in [9.17, 15) is 14.4 Å². The van der Waals surface area contributed by atoms with Gasteiger partial charge in [0.05, 0.1) is 0 Å². The zero-order chi connectivity index (χ0) is 59.9. The highest BCUT2D eigenvalue weighted by Gasteiger charge is 2.19. The molecule has 0 aliphatic heterocycles. The summed E-state index contributed by atoms with van der Waals surface area (Å²) in [5.74, 6) is -0.992. The fourth-order valence-electron chi connectivity index (χ4n) is 9.71. The van der Waals surface area contributed by atoms with E-state index in [1.165, 1.54) is 186 Å². The van der Waals surface area contributed by atoms with Crippen LogP contribution in [0.5, 0.6) is 0 Å². The lowest BCUT2D eigenvalue weighted by atomic mass is 10.0. The van der Waals surface area contributed by atoms with E-state index in [0.29, 0.717) is 19.3 Å². The number of hydrogen-bond acceptors (Lipinski definition) is 6. The van der Waals surface area contributed by atoms with Crippen molar-refractivity contribution < 1.29 is 28.6 Å². The second-order valence-electron chi connectivity index (χ2n) is 23.1. The fourth-order valence-corrected chi connectivity index (χ4v) is 9.71. The van der Waals surface area contributed by atoms with Crippen molar-refractivity contribution in [3.05, 3.63) is 122 Å². The molecule has 0 spiro atoms. The van der Waals surface area contributed by atoms with Gasteiger partial charge in [0.15, 0.2) is 6.10 Å². The predicted octanol–water partition coefficient (Wildman–Crippen LogP) is 24.3. The van der Waals surface area contributed by atoms with Crippen LogP contribution in [0.25, 0.3) is 0 Å². The Hall–Kier alpha value is -4.19. The van der Waals surface area contributed by atoms with Crippen LogP contribution in [-0.4, -0.2) is 37.2 Å². The molecule has 0 bridgehead atoms. The summed E-state index contributed by atoms with van der Waals surface area (Å²) < 4.78 is 16.9. The molecule has 0 saturated carbocycles. The number of ether oxygens (including phenoxy) is 3. The first-order chi connectivity index (χ1) is 41.0. The Kier molecular flexibility index (Phi) is 66.7. The standard InChI is InChI=1S/C77H130O6/c1-4-7-10-13-16-19-22-25-28-31-34-36-38-40-43-46-49-52-55-58-61-64-67-70-76(79)82-73-74(72-81-75(78)69-66-63-60-57-54-51-48-45-42-33-30-27-24-21-18-15-12-9-6-3)83-77(80)71-68-65-62-59-56-53-50-47-44-41-39-37-35-32-29-26-23-20-17-14-11-8-5-2/h9,12,18,21-22,25,27,30-32,34-35,38,40,42,45,51,54,60,63,74H,4-8,10-11,13-17,19-20,23-24,26,28-29,33,36-37,39,41,43-44,46-50,52-53,55-59,61-62,64-73H2,1-3H3/b12-9-,21-18-,25-22-,30-27-,34-31-,35-32-,40-38-,45-42-,54-51-,63-60-. The van der Waals surface area contributed by atoms with Gasteiger partial charge < -0.3 is 14.2 Å². The molecule has 83 heavy (non-hydrogen) atoms. The van der Waals surface area contributed by atoms with Crippen LogP contribution in [-0.2, 0) is 28.6 Å². The average molecular weight is 1150 g/mol. The second-order valence-corrected chi connectivity index (χ2v) is 23.1. The maximum Gasteiger partial charge on any atom is 0.306 e. The lowest BCUT2D eigenvalue weighted by molar-refractivity contribution is -0.166. The molecule has 6 heteroatoms. The summed E-state index contributed by atoms with van der Waals surface area (Å²) in [5, 5.41) is 0. The Bertz CT molecular complexity index is 1700. The van der Waals surface area contributed by atoms with E-state index in [-0.39, 0.29) is 37.5 Å². The summed E-state index contributed by atoms with van der Waals surface area (Å²) in [7, 11) is 0. The van der Waals surface area contributed by atoms with E-state index in [1.807, 2.05) is 6.08 Å². The summed E-state index contributed by atoms with van der Waals surface area (Å²) >= 11 is 0. The molecule has 0 heterocycles. The molecule has 0 aliphatic rings. The monoisotopic (exact) mass is 1150 g/mol. The number of carbonyl (C=O) groups excluding carboxylic acids is 3. The molecule has 1 unspecified atom stereocenters. The summed E-state index contributed by atoms with van der Waals surface area (Å²) in [5.41, 5.74) is 0. The molecule has 0 fully saturated rings. The smallest absolute Gasteiger partial charge is 0.306 e. The van der Waals surface area contributed by atoms with Gasteiger partial charge in [0.2, 0.25) is 0 Å². The van der Waals surface area contributed by atoms with Crippen molar-refractivity contribution in [1.82, 2.24) is 0 Å². The molecule has 0 aliphatic carbocycles. The van der Waals surface area contributed by atoms with E-state index in [2.05, 4.69) is 136 Å². The molecule has 0 rings (SSSR count). The van der Waals surface area contributed by atoms with Crippen LogP contribution in [0.4, 0.5) is 0 Å². The lowest BCUT2D eigenvalue weighted by Crippen LogP contribution is -2.30. The van der Waals surface area contributed by atoms with E-state index in [1.54, 1.807) is 0 Å². The van der Waals surface area contributed by atoms with Crippen molar-refractivity contribution in [2.75, 3.05) is 13.2 Å². The molecule has 0 radical (unpaired) electrons. The molecular formula is C77H130O6. The molecule has 1 atom stereocenters. The highest BCUT2D eigenvalue weighted by atomic mass is 16.6. The van der Waals surface area contributed by atoms with Crippen molar-refractivity contribution in [2.45, 2.75) is 335 Å². The maximum absolute atomic E-state index is 13.0. The van der Waals surface area contributed by atoms with Crippen LogP contribution in [0.15, 0.2) is 122 Å². The highest BCUT2D eigenvalue weighted by molar-refractivity contribution is 5.71. The lowest BCUT2D eigenvalue weighted by Gasteiger charge is -2.18. The van der Waals surface area contributed by atoms with Gasteiger partial charge >= 0.3 is 17.9 Å². The number of unbranched alkanes of at least 4 members (excludes halogenated alkanes) is 32. The summed E-state index contributed by atoms with van der Waals surface area (Å²) in [4.78, 5) is 38.4. The van der Waals surface area contributed by atoms with Crippen LogP contribution in [0, 0.1) is 0 Å². The first-order valence-electron chi connectivity index (χ1n) is 35.0. The van der Waals surface area contributed by atoms with Gasteiger partial charge in [0.1, 0.15) is 13.2 Å². The summed E-state index contributed by atoms with van der Waals surface area (Å²) in [6, 6.07) is 0. The Labute approximate surface area is 513 Å². The minimum absolute atomic E-state index is 0.107. The van der Waals surface area contributed by atoms with Gasteiger partial charge in [0.25, 0.3) is 0 Å². The Morgan fingerprint density at radius 1 is 0.253 bits per heavy atom. The van der Waals surface area contributed by atoms with E-state index >= 15 is 0 Å². The topological polar surface area (TPSA) is 78.9 Å². The van der Waals surface area contributed by atoms with Crippen LogP contribution >= 0.6 is 0 Å². The highest BCUT2D eigenvalue weighted by Crippen LogP contribution is 2.16. The average Bonchev–Trinajstić information content (AvgIpc) is 3.49. The molecule has 0 aromatic carbocycles. The first-order valence-corrected chi connectivity index (χ1v) is 35.0. The fraction of sp³-hybridized carbons (Fsp3) is 0.701. The first kappa shape index (κ1) is 78.8. The van der Waals surface area contributed by atoms with E-state index in [0.717, 1.165) is 96.3 Å². The van der Waals surface area contributed by atoms with Crippen LogP contribution < -0.4 is 0 Å². The number of rotatable bonds is 63. The van der Waals surface area contributed by atoms with Crippen LogP contribution in [0.3, 0.4) is 0 Å². The Morgan fingerprint density at radius 2 is 0.494 bits per heavy atom. The van der Waals surface area contributed by atoms with Gasteiger partial charge in [-0.15, -0.1) is 0 Å². The van der Waals surface area contributed by atoms with E-state index < -0.39 is 6.10 Å². The minimum Gasteiger partial charge on any atom is -0.462 e. The molecule has 0 aromatic rings. The molecule has 6 nitrogen and oxygen atoms in total. The minimum atomic E-state index is -0.818. The molecular weight excluding hydrogens is 1020 g/mol. The Morgan fingerprint density at radius 3 is 0.819 bits per heavy atom. The van der Waals surface area contributed by atoms with Crippen molar-refractivity contribution in [3.63, 3.8) is 0 Å². The zero-order valence-corrected chi connectivity index (χ0v) is 54.4.